The maximum Gasteiger partial charge on any atom is 0.335 e. The van der Waals surface area contributed by atoms with E-state index in [1.165, 1.54) is 24.3 Å². The summed E-state index contributed by atoms with van der Waals surface area (Å²) in [4.78, 5) is 34.1. The Morgan fingerprint density at radius 2 is 1.64 bits per heavy atom. The molecule has 2 rings (SSSR count). The molecule has 2 aromatic carbocycles. The highest BCUT2D eigenvalue weighted by Crippen LogP contribution is 2.12. The second kappa shape index (κ2) is 7.52. The molecule has 1 atom stereocenters. The Kier molecular flexibility index (Phi) is 5.43. The number of aromatic carboxylic acids is 1. The minimum atomic E-state index is -1.40. The Balaban J connectivity index is 2.15. The predicted octanol–water partition coefficient (Wildman–Crippen LogP) is 2.09. The molecule has 2 aromatic rings. The number of carboxylic acids is 2. The van der Waals surface area contributed by atoms with Gasteiger partial charge in [0, 0.05) is 6.42 Å². The van der Waals surface area contributed by atoms with Crippen molar-refractivity contribution in [3.8, 4) is 0 Å². The summed E-state index contributed by atoms with van der Waals surface area (Å²) >= 11 is 0. The molecule has 3 N–H and O–H groups in total. The van der Waals surface area contributed by atoms with Crippen molar-refractivity contribution in [1.82, 2.24) is 5.32 Å². The number of hydrogen-bond acceptors (Lipinski definition) is 3. The number of carbonyl (C=O) groups excluding carboxylic acids is 1. The van der Waals surface area contributed by atoms with Gasteiger partial charge < -0.3 is 15.5 Å². The van der Waals surface area contributed by atoms with E-state index in [1.807, 2.05) is 0 Å². The van der Waals surface area contributed by atoms with Crippen LogP contribution in [0.15, 0.2) is 42.5 Å². The van der Waals surface area contributed by atoms with Crippen LogP contribution in [0.1, 0.15) is 26.3 Å². The van der Waals surface area contributed by atoms with E-state index in [9.17, 15) is 28.3 Å². The van der Waals surface area contributed by atoms with Crippen molar-refractivity contribution in [3.63, 3.8) is 0 Å². The van der Waals surface area contributed by atoms with Crippen LogP contribution in [0.3, 0.4) is 0 Å². The highest BCUT2D eigenvalue weighted by Gasteiger charge is 2.23. The number of halogens is 2. The van der Waals surface area contributed by atoms with Crippen LogP contribution < -0.4 is 5.32 Å². The average Bonchev–Trinajstić information content (AvgIpc) is 2.57. The van der Waals surface area contributed by atoms with E-state index >= 15 is 0 Å². The fourth-order valence-corrected chi connectivity index (χ4v) is 2.13. The van der Waals surface area contributed by atoms with Gasteiger partial charge in [-0.1, -0.05) is 18.2 Å². The molecule has 0 saturated heterocycles. The van der Waals surface area contributed by atoms with Gasteiger partial charge in [0.15, 0.2) is 11.6 Å². The van der Waals surface area contributed by atoms with E-state index < -0.39 is 41.1 Å². The zero-order valence-electron chi connectivity index (χ0n) is 12.7. The summed E-state index contributed by atoms with van der Waals surface area (Å²) < 4.78 is 26.8. The SMILES string of the molecule is O=C(O)c1ccc(C[C@H](NC(=O)c2cccc(F)c2F)C(=O)O)cc1. The van der Waals surface area contributed by atoms with Crippen LogP contribution in [0.4, 0.5) is 8.78 Å². The lowest BCUT2D eigenvalue weighted by molar-refractivity contribution is -0.139. The van der Waals surface area contributed by atoms with Crippen molar-refractivity contribution in [1.29, 1.82) is 0 Å². The first-order valence-electron chi connectivity index (χ1n) is 7.09. The van der Waals surface area contributed by atoms with Crippen LogP contribution >= 0.6 is 0 Å². The topological polar surface area (TPSA) is 104 Å². The Morgan fingerprint density at radius 3 is 2.20 bits per heavy atom. The first-order valence-corrected chi connectivity index (χ1v) is 7.09. The Hall–Kier alpha value is -3.29. The molecule has 8 heteroatoms. The normalized spacial score (nSPS) is 11.6. The van der Waals surface area contributed by atoms with Gasteiger partial charge in [0.1, 0.15) is 6.04 Å². The monoisotopic (exact) mass is 349 g/mol. The van der Waals surface area contributed by atoms with Crippen LogP contribution in [0.25, 0.3) is 0 Å². The number of carboxylic acid groups (broad SMARTS) is 2. The molecule has 0 aliphatic rings. The molecule has 0 spiro atoms. The van der Waals surface area contributed by atoms with Gasteiger partial charge in [0.05, 0.1) is 11.1 Å². The van der Waals surface area contributed by atoms with E-state index in [4.69, 9.17) is 5.11 Å². The summed E-state index contributed by atoms with van der Waals surface area (Å²) in [7, 11) is 0. The number of hydrogen-bond donors (Lipinski definition) is 3. The van der Waals surface area contributed by atoms with Gasteiger partial charge in [-0.15, -0.1) is 0 Å². The molecular weight excluding hydrogens is 336 g/mol. The fourth-order valence-electron chi connectivity index (χ4n) is 2.13. The summed E-state index contributed by atoms with van der Waals surface area (Å²) in [6, 6.07) is 7.02. The first kappa shape index (κ1) is 18.1. The predicted molar refractivity (Wildman–Crippen MR) is 82.4 cm³/mol. The van der Waals surface area contributed by atoms with Crippen molar-refractivity contribution >= 4 is 17.8 Å². The molecule has 0 radical (unpaired) electrons. The second-order valence-corrected chi connectivity index (χ2v) is 5.17. The molecule has 130 valence electrons. The van der Waals surface area contributed by atoms with Crippen LogP contribution in [0.2, 0.25) is 0 Å². The standard InChI is InChI=1S/C17H13F2NO5/c18-12-3-1-2-11(14(12)19)15(21)20-13(17(24)25)8-9-4-6-10(7-5-9)16(22)23/h1-7,13H,8H2,(H,20,21)(H,22,23)(H,24,25)/t13-/m0/s1. The maximum atomic E-state index is 13.6. The van der Waals surface area contributed by atoms with Crippen molar-refractivity contribution in [2.45, 2.75) is 12.5 Å². The smallest absolute Gasteiger partial charge is 0.335 e. The van der Waals surface area contributed by atoms with Crippen molar-refractivity contribution < 1.29 is 33.4 Å². The minimum absolute atomic E-state index is 0.0292. The third-order valence-corrected chi connectivity index (χ3v) is 3.44. The highest BCUT2D eigenvalue weighted by molar-refractivity contribution is 5.96. The van der Waals surface area contributed by atoms with E-state index in [-0.39, 0.29) is 12.0 Å². The molecule has 0 heterocycles. The summed E-state index contributed by atoms with van der Waals surface area (Å²) in [6.45, 7) is 0. The largest absolute Gasteiger partial charge is 0.480 e. The second-order valence-electron chi connectivity index (χ2n) is 5.17. The van der Waals surface area contributed by atoms with E-state index in [0.717, 1.165) is 18.2 Å². The van der Waals surface area contributed by atoms with Gasteiger partial charge in [-0.05, 0) is 29.8 Å². The summed E-state index contributed by atoms with van der Waals surface area (Å²) in [5.74, 6) is -6.14. The molecule has 0 aliphatic carbocycles. The third-order valence-electron chi connectivity index (χ3n) is 3.44. The van der Waals surface area contributed by atoms with Gasteiger partial charge in [-0.25, -0.2) is 18.4 Å². The zero-order valence-corrected chi connectivity index (χ0v) is 12.7. The van der Waals surface area contributed by atoms with E-state index in [2.05, 4.69) is 5.32 Å². The number of amides is 1. The highest BCUT2D eigenvalue weighted by atomic mass is 19.2. The molecule has 0 aliphatic heterocycles. The Labute approximate surface area is 140 Å². The molecule has 0 fully saturated rings. The molecule has 25 heavy (non-hydrogen) atoms. The van der Waals surface area contributed by atoms with Crippen molar-refractivity contribution in [2.24, 2.45) is 0 Å². The molecule has 0 unspecified atom stereocenters. The average molecular weight is 349 g/mol. The number of rotatable bonds is 6. The number of carbonyl (C=O) groups is 3. The molecule has 6 nitrogen and oxygen atoms in total. The molecular formula is C17H13F2NO5. The van der Waals surface area contributed by atoms with Crippen LogP contribution in [-0.2, 0) is 11.2 Å². The van der Waals surface area contributed by atoms with Crippen molar-refractivity contribution in [2.75, 3.05) is 0 Å². The number of nitrogens with one attached hydrogen (secondary N) is 1. The fraction of sp³-hybridized carbons (Fsp3) is 0.118. The molecule has 0 saturated carbocycles. The lowest BCUT2D eigenvalue weighted by Crippen LogP contribution is -2.42. The number of aliphatic carboxylic acids is 1. The van der Waals surface area contributed by atoms with Gasteiger partial charge in [0.2, 0.25) is 0 Å². The van der Waals surface area contributed by atoms with E-state index in [1.54, 1.807) is 0 Å². The Morgan fingerprint density at radius 1 is 1.00 bits per heavy atom. The maximum absolute atomic E-state index is 13.6. The summed E-state index contributed by atoms with van der Waals surface area (Å²) in [5, 5.41) is 20.2. The van der Waals surface area contributed by atoms with Crippen LogP contribution in [0, 0.1) is 11.6 Å². The minimum Gasteiger partial charge on any atom is -0.480 e. The number of benzene rings is 2. The van der Waals surface area contributed by atoms with Crippen molar-refractivity contribution in [3.05, 3.63) is 70.8 Å². The van der Waals surface area contributed by atoms with Crippen LogP contribution in [-0.4, -0.2) is 34.1 Å². The molecule has 1 amide bonds. The summed E-state index contributed by atoms with van der Waals surface area (Å²) in [6.07, 6.45) is -0.155. The lowest BCUT2D eigenvalue weighted by atomic mass is 10.0. The molecule has 0 aromatic heterocycles. The van der Waals surface area contributed by atoms with Gasteiger partial charge >= 0.3 is 11.9 Å². The summed E-state index contributed by atoms with van der Waals surface area (Å²) in [5.41, 5.74) is -0.119. The van der Waals surface area contributed by atoms with Gasteiger partial charge in [-0.2, -0.15) is 0 Å². The zero-order chi connectivity index (χ0) is 18.6. The first-order chi connectivity index (χ1) is 11.8. The Bertz CT molecular complexity index is 820. The van der Waals surface area contributed by atoms with E-state index in [0.29, 0.717) is 5.56 Å². The van der Waals surface area contributed by atoms with Gasteiger partial charge in [-0.3, -0.25) is 4.79 Å². The quantitative estimate of drug-likeness (QED) is 0.741. The third kappa shape index (κ3) is 4.37. The lowest BCUT2D eigenvalue weighted by Gasteiger charge is -2.15. The van der Waals surface area contributed by atoms with Crippen LogP contribution in [0.5, 0.6) is 0 Å². The molecule has 0 bridgehead atoms. The van der Waals surface area contributed by atoms with Gasteiger partial charge in [0.25, 0.3) is 5.91 Å².